The van der Waals surface area contributed by atoms with Crippen molar-refractivity contribution in [2.75, 3.05) is 19.9 Å². The summed E-state index contributed by atoms with van der Waals surface area (Å²) in [4.78, 5) is 0.377. The molecule has 102 valence electrons. The molecule has 4 nitrogen and oxygen atoms in total. The Bertz CT molecular complexity index is 523. The third kappa shape index (κ3) is 3.23. The van der Waals surface area contributed by atoms with Crippen molar-refractivity contribution < 1.29 is 13.2 Å². The van der Waals surface area contributed by atoms with Crippen LogP contribution in [0.2, 0.25) is 0 Å². The van der Waals surface area contributed by atoms with Gasteiger partial charge in [-0.15, -0.1) is 0 Å². The van der Waals surface area contributed by atoms with E-state index in [1.165, 1.54) is 6.26 Å². The van der Waals surface area contributed by atoms with Crippen LogP contribution in [0.5, 0.6) is 5.75 Å². The molecule has 18 heavy (non-hydrogen) atoms. The highest BCUT2D eigenvalue weighted by molar-refractivity contribution is 7.90. The Morgan fingerprint density at radius 2 is 2.00 bits per heavy atom. The van der Waals surface area contributed by atoms with E-state index >= 15 is 0 Å². The normalized spacial score (nSPS) is 13.4. The first-order valence-corrected chi connectivity index (χ1v) is 7.79. The fourth-order valence-corrected chi connectivity index (χ4v) is 3.09. The van der Waals surface area contributed by atoms with Gasteiger partial charge in [-0.1, -0.05) is 6.92 Å². The van der Waals surface area contributed by atoms with E-state index in [-0.39, 0.29) is 5.92 Å². The maximum absolute atomic E-state index is 11.8. The minimum Gasteiger partial charge on any atom is -0.496 e. The van der Waals surface area contributed by atoms with Gasteiger partial charge in [0.2, 0.25) is 0 Å². The number of sulfone groups is 1. The fourth-order valence-electron chi connectivity index (χ4n) is 2.01. The highest BCUT2D eigenvalue weighted by Crippen LogP contribution is 2.32. The first-order valence-electron chi connectivity index (χ1n) is 5.90. The van der Waals surface area contributed by atoms with E-state index in [1.807, 2.05) is 19.9 Å². The Hall–Kier alpha value is -1.07. The molecule has 0 aliphatic rings. The molecule has 0 spiro atoms. The van der Waals surface area contributed by atoms with Gasteiger partial charge in [0.1, 0.15) is 5.75 Å². The van der Waals surface area contributed by atoms with Gasteiger partial charge in [0.05, 0.1) is 12.0 Å². The Balaban J connectivity index is 3.44. The monoisotopic (exact) mass is 271 g/mol. The zero-order valence-electron chi connectivity index (χ0n) is 11.4. The molecule has 0 aliphatic heterocycles. The molecule has 0 saturated carbocycles. The number of benzene rings is 1. The number of rotatable bonds is 5. The Morgan fingerprint density at radius 1 is 1.39 bits per heavy atom. The molecule has 1 unspecified atom stereocenters. The molecule has 0 saturated heterocycles. The largest absolute Gasteiger partial charge is 0.496 e. The highest BCUT2D eigenvalue weighted by atomic mass is 32.2. The van der Waals surface area contributed by atoms with E-state index < -0.39 is 9.84 Å². The van der Waals surface area contributed by atoms with Crippen LogP contribution in [-0.4, -0.2) is 28.3 Å². The van der Waals surface area contributed by atoms with Crippen LogP contribution < -0.4 is 10.5 Å². The molecule has 1 aromatic carbocycles. The van der Waals surface area contributed by atoms with Crippen molar-refractivity contribution >= 4 is 9.84 Å². The molecule has 0 aliphatic carbocycles. The molecular weight excluding hydrogens is 250 g/mol. The van der Waals surface area contributed by atoms with Gasteiger partial charge in [0.25, 0.3) is 0 Å². The third-order valence-corrected chi connectivity index (χ3v) is 4.21. The van der Waals surface area contributed by atoms with Crippen molar-refractivity contribution in [3.05, 3.63) is 23.3 Å². The van der Waals surface area contributed by atoms with Gasteiger partial charge in [-0.05, 0) is 49.1 Å². The Kier molecular flexibility index (Phi) is 4.76. The zero-order valence-corrected chi connectivity index (χ0v) is 12.2. The quantitative estimate of drug-likeness (QED) is 0.887. The SMILES string of the molecule is COc1cc(C(C)CCN)c(S(C)(=O)=O)cc1C. The maximum Gasteiger partial charge on any atom is 0.175 e. The number of ether oxygens (including phenoxy) is 1. The van der Waals surface area contributed by atoms with Gasteiger partial charge in [0.15, 0.2) is 9.84 Å². The van der Waals surface area contributed by atoms with E-state index in [1.54, 1.807) is 13.2 Å². The summed E-state index contributed by atoms with van der Waals surface area (Å²) < 4.78 is 28.9. The standard InChI is InChI=1S/C13H21NO3S/c1-9(5-6-14)11-8-12(17-3)10(2)7-13(11)18(4,15)16/h7-9H,5-6,14H2,1-4H3. The summed E-state index contributed by atoms with van der Waals surface area (Å²) in [5.41, 5.74) is 7.15. The van der Waals surface area contributed by atoms with Crippen LogP contribution in [0.25, 0.3) is 0 Å². The number of nitrogens with two attached hydrogens (primary N) is 1. The lowest BCUT2D eigenvalue weighted by Gasteiger charge is -2.17. The van der Waals surface area contributed by atoms with Gasteiger partial charge in [-0.2, -0.15) is 0 Å². The van der Waals surface area contributed by atoms with Gasteiger partial charge >= 0.3 is 0 Å². The lowest BCUT2D eigenvalue weighted by Crippen LogP contribution is -2.10. The molecule has 0 fully saturated rings. The molecule has 0 amide bonds. The second kappa shape index (κ2) is 5.71. The Morgan fingerprint density at radius 3 is 2.44 bits per heavy atom. The predicted molar refractivity (Wildman–Crippen MR) is 72.9 cm³/mol. The summed E-state index contributed by atoms with van der Waals surface area (Å²) in [7, 11) is -1.66. The predicted octanol–water partition coefficient (Wildman–Crippen LogP) is 1.86. The van der Waals surface area contributed by atoms with Crippen molar-refractivity contribution in [3.8, 4) is 5.75 Å². The van der Waals surface area contributed by atoms with Gasteiger partial charge in [0, 0.05) is 6.26 Å². The minimum atomic E-state index is -3.24. The van der Waals surface area contributed by atoms with Crippen molar-refractivity contribution in [2.45, 2.75) is 31.1 Å². The summed E-state index contributed by atoms with van der Waals surface area (Å²) in [6.07, 6.45) is 1.97. The summed E-state index contributed by atoms with van der Waals surface area (Å²) in [6, 6.07) is 3.49. The highest BCUT2D eigenvalue weighted by Gasteiger charge is 2.19. The number of hydrogen-bond acceptors (Lipinski definition) is 4. The minimum absolute atomic E-state index is 0.0919. The van der Waals surface area contributed by atoms with Crippen LogP contribution in [0.4, 0.5) is 0 Å². The van der Waals surface area contributed by atoms with Crippen molar-refractivity contribution in [1.82, 2.24) is 0 Å². The lowest BCUT2D eigenvalue weighted by atomic mass is 9.96. The smallest absolute Gasteiger partial charge is 0.175 e. The second-order valence-electron chi connectivity index (χ2n) is 4.61. The average Bonchev–Trinajstić information content (AvgIpc) is 2.27. The Labute approximate surface area is 109 Å². The average molecular weight is 271 g/mol. The van der Waals surface area contributed by atoms with Gasteiger partial charge in [-0.25, -0.2) is 8.42 Å². The maximum atomic E-state index is 11.8. The van der Waals surface area contributed by atoms with E-state index in [9.17, 15) is 8.42 Å². The fraction of sp³-hybridized carbons (Fsp3) is 0.538. The molecule has 5 heteroatoms. The molecule has 1 aromatic rings. The summed E-state index contributed by atoms with van der Waals surface area (Å²) in [5, 5.41) is 0. The van der Waals surface area contributed by atoms with Crippen LogP contribution in [0.3, 0.4) is 0 Å². The van der Waals surface area contributed by atoms with Gasteiger partial charge in [-0.3, -0.25) is 0 Å². The van der Waals surface area contributed by atoms with Gasteiger partial charge < -0.3 is 10.5 Å². The van der Waals surface area contributed by atoms with Crippen LogP contribution in [0.1, 0.15) is 30.4 Å². The van der Waals surface area contributed by atoms with Crippen LogP contribution in [-0.2, 0) is 9.84 Å². The first kappa shape index (κ1) is 15.0. The van der Waals surface area contributed by atoms with Crippen molar-refractivity contribution in [2.24, 2.45) is 5.73 Å². The van der Waals surface area contributed by atoms with E-state index in [4.69, 9.17) is 10.5 Å². The van der Waals surface area contributed by atoms with Crippen molar-refractivity contribution in [1.29, 1.82) is 0 Å². The van der Waals surface area contributed by atoms with Crippen LogP contribution in [0, 0.1) is 6.92 Å². The van der Waals surface area contributed by atoms with Crippen LogP contribution in [0.15, 0.2) is 17.0 Å². The molecule has 1 rings (SSSR count). The molecule has 1 atom stereocenters. The zero-order chi connectivity index (χ0) is 13.9. The molecule has 0 radical (unpaired) electrons. The number of methoxy groups -OCH3 is 1. The van der Waals surface area contributed by atoms with E-state index in [2.05, 4.69) is 0 Å². The number of aryl methyl sites for hydroxylation is 1. The molecular formula is C13H21NO3S. The molecule has 0 heterocycles. The molecule has 0 aromatic heterocycles. The topological polar surface area (TPSA) is 69.4 Å². The van der Waals surface area contributed by atoms with Crippen LogP contribution >= 0.6 is 0 Å². The summed E-state index contributed by atoms with van der Waals surface area (Å²) in [6.45, 7) is 4.34. The molecule has 0 bridgehead atoms. The van der Waals surface area contributed by atoms with E-state index in [0.29, 0.717) is 17.2 Å². The lowest BCUT2D eigenvalue weighted by molar-refractivity contribution is 0.410. The van der Waals surface area contributed by atoms with E-state index in [0.717, 1.165) is 17.5 Å². The third-order valence-electron chi connectivity index (χ3n) is 3.06. The van der Waals surface area contributed by atoms with Crippen molar-refractivity contribution in [3.63, 3.8) is 0 Å². The number of hydrogen-bond donors (Lipinski definition) is 1. The first-order chi connectivity index (χ1) is 8.31. The second-order valence-corrected chi connectivity index (χ2v) is 6.59. The summed E-state index contributed by atoms with van der Waals surface area (Å²) in [5.74, 6) is 0.801. The summed E-state index contributed by atoms with van der Waals surface area (Å²) >= 11 is 0. The molecule has 2 N–H and O–H groups in total.